The number of fused-ring (bicyclic) bond motifs is 3. The van der Waals surface area contributed by atoms with Gasteiger partial charge in [-0.2, -0.15) is 0 Å². The first kappa shape index (κ1) is 13.6. The molecule has 23 heavy (non-hydrogen) atoms. The first-order chi connectivity index (χ1) is 11.2. The molecule has 0 atom stereocenters. The Hall–Kier alpha value is -3.01. The third-order valence-corrected chi connectivity index (χ3v) is 4.17. The predicted octanol–water partition coefficient (Wildman–Crippen LogP) is 4.26. The Kier molecular flexibility index (Phi) is 2.98. The van der Waals surface area contributed by atoms with Crippen LogP contribution in [0.25, 0.3) is 33.0 Å². The molecule has 2 heterocycles. The van der Waals surface area contributed by atoms with Gasteiger partial charge in [-0.3, -0.25) is 4.79 Å². The SMILES string of the molecule is COc1ccc(-c2c[nH]c3c(c(C)cc4ccoc43)c2=O)cc1. The molecule has 2 aromatic carbocycles. The van der Waals surface area contributed by atoms with Gasteiger partial charge in [0, 0.05) is 17.1 Å². The topological polar surface area (TPSA) is 55.2 Å². The molecule has 4 aromatic rings. The fraction of sp³-hybridized carbons (Fsp3) is 0.105. The molecule has 0 spiro atoms. The van der Waals surface area contributed by atoms with Gasteiger partial charge in [0.25, 0.3) is 0 Å². The Morgan fingerprint density at radius 2 is 1.91 bits per heavy atom. The zero-order chi connectivity index (χ0) is 16.0. The lowest BCUT2D eigenvalue weighted by Gasteiger charge is -2.07. The van der Waals surface area contributed by atoms with Gasteiger partial charge in [0.05, 0.1) is 24.3 Å². The third kappa shape index (κ3) is 2.03. The lowest BCUT2D eigenvalue weighted by Crippen LogP contribution is -2.08. The number of aromatic nitrogens is 1. The number of furan rings is 1. The van der Waals surface area contributed by atoms with Crippen molar-refractivity contribution in [2.45, 2.75) is 6.92 Å². The molecule has 0 unspecified atom stereocenters. The largest absolute Gasteiger partial charge is 0.497 e. The minimum Gasteiger partial charge on any atom is -0.497 e. The summed E-state index contributed by atoms with van der Waals surface area (Å²) in [5.74, 6) is 0.763. The summed E-state index contributed by atoms with van der Waals surface area (Å²) in [5.41, 5.74) is 3.88. The Bertz CT molecular complexity index is 1070. The molecule has 0 aliphatic carbocycles. The van der Waals surface area contributed by atoms with Crippen LogP contribution in [-0.4, -0.2) is 12.1 Å². The first-order valence-electron chi connectivity index (χ1n) is 7.35. The number of hydrogen-bond acceptors (Lipinski definition) is 3. The van der Waals surface area contributed by atoms with Gasteiger partial charge in [-0.1, -0.05) is 12.1 Å². The molecule has 0 fully saturated rings. The minimum atomic E-state index is -0.000262. The van der Waals surface area contributed by atoms with Gasteiger partial charge in [0.1, 0.15) is 5.75 Å². The van der Waals surface area contributed by atoms with E-state index in [0.29, 0.717) is 16.5 Å². The van der Waals surface area contributed by atoms with Crippen LogP contribution in [0.15, 0.2) is 58.1 Å². The van der Waals surface area contributed by atoms with Crippen molar-refractivity contribution in [3.8, 4) is 16.9 Å². The van der Waals surface area contributed by atoms with Gasteiger partial charge in [0.2, 0.25) is 0 Å². The van der Waals surface area contributed by atoms with Crippen molar-refractivity contribution in [3.05, 3.63) is 64.6 Å². The number of nitrogens with one attached hydrogen (secondary N) is 1. The van der Waals surface area contributed by atoms with E-state index in [2.05, 4.69) is 4.98 Å². The van der Waals surface area contributed by atoms with Crippen LogP contribution in [0.3, 0.4) is 0 Å². The van der Waals surface area contributed by atoms with E-state index in [1.807, 2.05) is 43.3 Å². The molecule has 0 aliphatic rings. The predicted molar refractivity (Wildman–Crippen MR) is 91.1 cm³/mol. The molecular formula is C19H15NO3. The van der Waals surface area contributed by atoms with E-state index in [4.69, 9.17) is 9.15 Å². The van der Waals surface area contributed by atoms with Gasteiger partial charge in [-0.05, 0) is 42.3 Å². The first-order valence-corrected chi connectivity index (χ1v) is 7.35. The number of ether oxygens (including phenoxy) is 1. The molecule has 0 saturated carbocycles. The molecule has 2 aromatic heterocycles. The van der Waals surface area contributed by atoms with E-state index in [1.54, 1.807) is 19.6 Å². The van der Waals surface area contributed by atoms with Crippen molar-refractivity contribution in [1.29, 1.82) is 0 Å². The van der Waals surface area contributed by atoms with Crippen molar-refractivity contribution < 1.29 is 9.15 Å². The maximum atomic E-state index is 13.0. The number of pyridine rings is 1. The molecule has 0 radical (unpaired) electrons. The van der Waals surface area contributed by atoms with Crippen LogP contribution in [0.1, 0.15) is 5.56 Å². The maximum absolute atomic E-state index is 13.0. The average molecular weight is 305 g/mol. The second kappa shape index (κ2) is 5.02. The Morgan fingerprint density at radius 1 is 1.13 bits per heavy atom. The van der Waals surface area contributed by atoms with Crippen molar-refractivity contribution in [2.24, 2.45) is 0 Å². The molecule has 0 saturated heterocycles. The molecule has 114 valence electrons. The third-order valence-electron chi connectivity index (χ3n) is 4.17. The lowest BCUT2D eigenvalue weighted by molar-refractivity contribution is 0.415. The maximum Gasteiger partial charge on any atom is 0.197 e. The van der Waals surface area contributed by atoms with Crippen LogP contribution < -0.4 is 10.2 Å². The Labute approximate surface area is 132 Å². The highest BCUT2D eigenvalue weighted by atomic mass is 16.5. The highest BCUT2D eigenvalue weighted by molar-refractivity contribution is 6.04. The van der Waals surface area contributed by atoms with Crippen LogP contribution in [0.5, 0.6) is 5.75 Å². The van der Waals surface area contributed by atoms with Crippen LogP contribution in [0.4, 0.5) is 0 Å². The molecular weight excluding hydrogens is 290 g/mol. The summed E-state index contributed by atoms with van der Waals surface area (Å²) in [6.07, 6.45) is 3.38. The van der Waals surface area contributed by atoms with E-state index in [0.717, 1.165) is 27.8 Å². The van der Waals surface area contributed by atoms with Crippen LogP contribution in [-0.2, 0) is 0 Å². The van der Waals surface area contributed by atoms with Gasteiger partial charge in [0.15, 0.2) is 11.0 Å². The van der Waals surface area contributed by atoms with Crippen LogP contribution >= 0.6 is 0 Å². The van der Waals surface area contributed by atoms with E-state index in [-0.39, 0.29) is 5.43 Å². The molecule has 0 amide bonds. The van der Waals surface area contributed by atoms with Crippen LogP contribution in [0.2, 0.25) is 0 Å². The summed E-state index contributed by atoms with van der Waals surface area (Å²) in [7, 11) is 1.62. The number of aryl methyl sites for hydroxylation is 1. The Balaban J connectivity index is 2.02. The van der Waals surface area contributed by atoms with Crippen molar-refractivity contribution >= 4 is 21.9 Å². The zero-order valence-corrected chi connectivity index (χ0v) is 12.8. The highest BCUT2D eigenvalue weighted by Gasteiger charge is 2.13. The normalized spacial score (nSPS) is 11.2. The van der Waals surface area contributed by atoms with Crippen molar-refractivity contribution in [3.63, 3.8) is 0 Å². The summed E-state index contributed by atoms with van der Waals surface area (Å²) in [6.45, 7) is 1.95. The molecule has 4 heteroatoms. The number of hydrogen-bond donors (Lipinski definition) is 1. The minimum absolute atomic E-state index is 0.000262. The number of benzene rings is 2. The van der Waals surface area contributed by atoms with E-state index in [9.17, 15) is 4.79 Å². The molecule has 0 bridgehead atoms. The van der Waals surface area contributed by atoms with E-state index in [1.165, 1.54) is 0 Å². The summed E-state index contributed by atoms with van der Waals surface area (Å²) in [5, 5.41) is 1.66. The fourth-order valence-corrected chi connectivity index (χ4v) is 3.01. The monoisotopic (exact) mass is 305 g/mol. The second-order valence-electron chi connectivity index (χ2n) is 5.54. The fourth-order valence-electron chi connectivity index (χ4n) is 3.01. The zero-order valence-electron chi connectivity index (χ0n) is 12.8. The van der Waals surface area contributed by atoms with Gasteiger partial charge in [-0.15, -0.1) is 0 Å². The summed E-state index contributed by atoms with van der Waals surface area (Å²) in [4.78, 5) is 16.2. The van der Waals surface area contributed by atoms with Crippen molar-refractivity contribution in [1.82, 2.24) is 4.98 Å². The summed E-state index contributed by atoms with van der Waals surface area (Å²) < 4.78 is 10.7. The summed E-state index contributed by atoms with van der Waals surface area (Å²) >= 11 is 0. The lowest BCUT2D eigenvalue weighted by atomic mass is 10.0. The molecule has 0 aliphatic heterocycles. The highest BCUT2D eigenvalue weighted by Crippen LogP contribution is 2.28. The number of aromatic amines is 1. The van der Waals surface area contributed by atoms with Crippen LogP contribution in [0, 0.1) is 6.92 Å². The summed E-state index contributed by atoms with van der Waals surface area (Å²) in [6, 6.07) is 11.3. The smallest absolute Gasteiger partial charge is 0.197 e. The van der Waals surface area contributed by atoms with Crippen molar-refractivity contribution in [2.75, 3.05) is 7.11 Å². The number of methoxy groups -OCH3 is 1. The van der Waals surface area contributed by atoms with E-state index < -0.39 is 0 Å². The molecule has 4 rings (SSSR count). The van der Waals surface area contributed by atoms with Gasteiger partial charge >= 0.3 is 0 Å². The average Bonchev–Trinajstić information content (AvgIpc) is 3.03. The second-order valence-corrected chi connectivity index (χ2v) is 5.54. The molecule has 4 nitrogen and oxygen atoms in total. The number of H-pyrrole nitrogens is 1. The van der Waals surface area contributed by atoms with E-state index >= 15 is 0 Å². The quantitative estimate of drug-likeness (QED) is 0.602. The van der Waals surface area contributed by atoms with Gasteiger partial charge in [-0.25, -0.2) is 0 Å². The van der Waals surface area contributed by atoms with Gasteiger partial charge < -0.3 is 14.1 Å². The Morgan fingerprint density at radius 3 is 2.65 bits per heavy atom. The standard InChI is InChI=1S/C19H15NO3/c1-11-9-13-7-8-23-19(13)17-16(11)18(21)15(10-20-17)12-3-5-14(22-2)6-4-12/h3-10H,1-2H3,(H,20,21). The molecule has 1 N–H and O–H groups in total. The number of rotatable bonds is 2.